The van der Waals surface area contributed by atoms with Crippen molar-refractivity contribution in [2.75, 3.05) is 7.05 Å². The lowest BCUT2D eigenvalue weighted by molar-refractivity contribution is 0.456. The molecule has 0 saturated heterocycles. The molecule has 19 heavy (non-hydrogen) atoms. The van der Waals surface area contributed by atoms with E-state index in [-0.39, 0.29) is 11.4 Å². The second kappa shape index (κ2) is 5.02. The molecule has 0 bridgehead atoms. The number of hydrogen-bond donors (Lipinski definition) is 1. The Hall–Kier alpha value is -1.87. The predicted octanol–water partition coefficient (Wildman–Crippen LogP) is 0.468. The summed E-state index contributed by atoms with van der Waals surface area (Å²) in [6.45, 7) is 1.70. The number of H-pyrrole nitrogens is 1. The van der Waals surface area contributed by atoms with Gasteiger partial charge in [-0.3, -0.25) is 10.1 Å². The largest absolute Gasteiger partial charge is 0.263 e. The summed E-state index contributed by atoms with van der Waals surface area (Å²) in [4.78, 5) is 7.33. The van der Waals surface area contributed by atoms with Crippen molar-refractivity contribution in [1.29, 1.82) is 0 Å². The van der Waals surface area contributed by atoms with E-state index < -0.39 is 15.8 Å². The van der Waals surface area contributed by atoms with Gasteiger partial charge < -0.3 is 0 Å². The van der Waals surface area contributed by atoms with Gasteiger partial charge in [0.25, 0.3) is 0 Å². The highest BCUT2D eigenvalue weighted by molar-refractivity contribution is 7.89. The molecule has 0 radical (unpaired) electrons. The Bertz CT molecular complexity index is 685. The second-order valence-corrected chi connectivity index (χ2v) is 5.98. The maximum atomic E-state index is 13.0. The third-order valence-corrected chi connectivity index (χ3v) is 4.16. The fraction of sp³-hybridized carbons (Fsp3) is 0.300. The lowest BCUT2D eigenvalue weighted by atomic mass is 10.5. The molecule has 2 rings (SSSR count). The van der Waals surface area contributed by atoms with Gasteiger partial charge in [0, 0.05) is 13.2 Å². The molecule has 2 aromatic heterocycles. The number of rotatable bonds is 4. The molecule has 2 heterocycles. The van der Waals surface area contributed by atoms with E-state index in [9.17, 15) is 12.8 Å². The predicted molar refractivity (Wildman–Crippen MR) is 64.0 cm³/mol. The quantitative estimate of drug-likeness (QED) is 0.881. The van der Waals surface area contributed by atoms with Crippen LogP contribution in [0.5, 0.6) is 0 Å². The smallest absolute Gasteiger partial charge is 0.244 e. The van der Waals surface area contributed by atoms with E-state index in [2.05, 4.69) is 20.2 Å². The average molecular weight is 285 g/mol. The van der Waals surface area contributed by atoms with E-state index in [0.29, 0.717) is 11.6 Å². The number of nitrogens with zero attached hydrogens (tertiary/aromatic N) is 4. The summed E-state index contributed by atoms with van der Waals surface area (Å²) in [5.74, 6) is 0.226. The van der Waals surface area contributed by atoms with Crippen molar-refractivity contribution in [2.24, 2.45) is 0 Å². The Kier molecular flexibility index (Phi) is 3.58. The van der Waals surface area contributed by atoms with Gasteiger partial charge in [0.05, 0.1) is 12.7 Å². The van der Waals surface area contributed by atoms with Crippen LogP contribution in [0.3, 0.4) is 0 Å². The zero-order chi connectivity index (χ0) is 14.0. The Labute approximate surface area is 109 Å². The zero-order valence-electron chi connectivity index (χ0n) is 10.3. The molecule has 0 atom stereocenters. The molecule has 0 aliphatic heterocycles. The number of aromatic amines is 1. The third kappa shape index (κ3) is 2.93. The minimum atomic E-state index is -3.81. The number of halogens is 1. The van der Waals surface area contributed by atoms with E-state index in [4.69, 9.17) is 0 Å². The van der Waals surface area contributed by atoms with E-state index in [1.807, 2.05) is 0 Å². The minimum Gasteiger partial charge on any atom is -0.263 e. The lowest BCUT2D eigenvalue weighted by Crippen LogP contribution is -2.27. The van der Waals surface area contributed by atoms with Crippen molar-refractivity contribution < 1.29 is 12.8 Å². The Morgan fingerprint density at radius 2 is 2.16 bits per heavy atom. The number of aryl methyl sites for hydroxylation is 1. The highest BCUT2D eigenvalue weighted by Crippen LogP contribution is 2.15. The van der Waals surface area contributed by atoms with Crippen LogP contribution in [0, 0.1) is 12.7 Å². The minimum absolute atomic E-state index is 0.0107. The van der Waals surface area contributed by atoms with Gasteiger partial charge in [-0.1, -0.05) is 0 Å². The topological polar surface area (TPSA) is 91.8 Å². The highest BCUT2D eigenvalue weighted by Gasteiger charge is 2.23. The first kappa shape index (κ1) is 13.6. The molecule has 0 aliphatic rings. The van der Waals surface area contributed by atoms with Crippen molar-refractivity contribution in [2.45, 2.75) is 18.4 Å². The van der Waals surface area contributed by atoms with E-state index in [1.165, 1.54) is 7.05 Å². The van der Waals surface area contributed by atoms with Crippen LogP contribution in [0.1, 0.15) is 11.6 Å². The van der Waals surface area contributed by atoms with Crippen LogP contribution in [0.4, 0.5) is 4.39 Å². The van der Waals surface area contributed by atoms with Crippen molar-refractivity contribution >= 4 is 10.0 Å². The number of aromatic nitrogens is 4. The van der Waals surface area contributed by atoms with Crippen LogP contribution >= 0.6 is 0 Å². The Balaban J connectivity index is 2.24. The molecule has 9 heteroatoms. The molecular formula is C10H12FN5O2S. The van der Waals surface area contributed by atoms with Gasteiger partial charge in [-0.15, -0.1) is 0 Å². The summed E-state index contributed by atoms with van der Waals surface area (Å²) in [5, 5.41) is 6.47. The van der Waals surface area contributed by atoms with Gasteiger partial charge in [-0.2, -0.15) is 9.40 Å². The van der Waals surface area contributed by atoms with Crippen LogP contribution in [0.2, 0.25) is 0 Å². The number of sulfonamides is 1. The molecule has 0 aromatic carbocycles. The van der Waals surface area contributed by atoms with Gasteiger partial charge in [-0.05, 0) is 13.0 Å². The fourth-order valence-electron chi connectivity index (χ4n) is 1.46. The molecule has 0 saturated carbocycles. The van der Waals surface area contributed by atoms with Gasteiger partial charge in [-0.25, -0.2) is 17.8 Å². The molecule has 102 valence electrons. The number of pyridine rings is 1. The molecule has 1 N–H and O–H groups in total. The van der Waals surface area contributed by atoms with E-state index in [1.54, 1.807) is 6.92 Å². The average Bonchev–Trinajstić information content (AvgIpc) is 2.74. The summed E-state index contributed by atoms with van der Waals surface area (Å²) in [7, 11) is -2.45. The summed E-state index contributed by atoms with van der Waals surface area (Å²) >= 11 is 0. The molecule has 0 amide bonds. The first-order valence-corrected chi connectivity index (χ1v) is 6.78. The first-order chi connectivity index (χ1) is 8.89. The van der Waals surface area contributed by atoms with Crippen LogP contribution in [-0.2, 0) is 16.6 Å². The van der Waals surface area contributed by atoms with Crippen molar-refractivity contribution in [3.63, 3.8) is 0 Å². The van der Waals surface area contributed by atoms with Crippen molar-refractivity contribution in [3.05, 3.63) is 35.9 Å². The molecule has 7 nitrogen and oxygen atoms in total. The Morgan fingerprint density at radius 1 is 1.42 bits per heavy atom. The van der Waals surface area contributed by atoms with Crippen molar-refractivity contribution in [1.82, 2.24) is 24.5 Å². The standard InChI is InChI=1S/C10H12FN5O2S/c1-7-13-10(15-14-7)6-16(2)19(17,18)9-3-8(11)4-12-5-9/h3-5H,6H2,1-2H3,(H,13,14,15). The summed E-state index contributed by atoms with van der Waals surface area (Å²) in [6, 6.07) is 0.919. The number of hydrogen-bond acceptors (Lipinski definition) is 5. The SMILES string of the molecule is Cc1nc(CN(C)S(=O)(=O)c2cncc(F)c2)n[nH]1. The van der Waals surface area contributed by atoms with Crippen LogP contribution in [0.15, 0.2) is 23.4 Å². The van der Waals surface area contributed by atoms with Crippen LogP contribution < -0.4 is 0 Å². The zero-order valence-corrected chi connectivity index (χ0v) is 11.1. The van der Waals surface area contributed by atoms with Gasteiger partial charge in [0.15, 0.2) is 5.82 Å². The maximum Gasteiger partial charge on any atom is 0.244 e. The third-order valence-electron chi connectivity index (χ3n) is 2.40. The van der Waals surface area contributed by atoms with Gasteiger partial charge in [0.1, 0.15) is 16.5 Å². The van der Waals surface area contributed by atoms with E-state index in [0.717, 1.165) is 22.8 Å². The molecular weight excluding hydrogens is 273 g/mol. The summed E-state index contributed by atoms with van der Waals surface area (Å²) < 4.78 is 38.3. The summed E-state index contributed by atoms with van der Waals surface area (Å²) in [5.41, 5.74) is 0. The van der Waals surface area contributed by atoms with Crippen molar-refractivity contribution in [3.8, 4) is 0 Å². The van der Waals surface area contributed by atoms with Gasteiger partial charge in [0.2, 0.25) is 10.0 Å². The monoisotopic (exact) mass is 285 g/mol. The van der Waals surface area contributed by atoms with Gasteiger partial charge >= 0.3 is 0 Å². The molecule has 0 fully saturated rings. The Morgan fingerprint density at radius 3 is 2.74 bits per heavy atom. The first-order valence-electron chi connectivity index (χ1n) is 5.34. The fourth-order valence-corrected chi connectivity index (χ4v) is 2.56. The molecule has 0 aliphatic carbocycles. The van der Waals surface area contributed by atoms with Crippen LogP contribution in [0.25, 0.3) is 0 Å². The maximum absolute atomic E-state index is 13.0. The van der Waals surface area contributed by atoms with E-state index >= 15 is 0 Å². The normalized spacial score (nSPS) is 12.0. The molecule has 2 aromatic rings. The highest BCUT2D eigenvalue weighted by atomic mass is 32.2. The summed E-state index contributed by atoms with van der Waals surface area (Å²) in [6.07, 6.45) is 2.04. The molecule has 0 unspecified atom stereocenters. The molecule has 0 spiro atoms. The van der Waals surface area contributed by atoms with Crippen LogP contribution in [-0.4, -0.2) is 39.9 Å². The number of nitrogens with one attached hydrogen (secondary N) is 1. The lowest BCUT2D eigenvalue weighted by Gasteiger charge is -2.15. The second-order valence-electron chi connectivity index (χ2n) is 3.94.